The monoisotopic (exact) mass is 397 g/mol. The molecule has 0 aliphatic heterocycles. The molecule has 29 heavy (non-hydrogen) atoms. The van der Waals surface area contributed by atoms with E-state index in [9.17, 15) is 14.4 Å². The predicted octanol–water partition coefficient (Wildman–Crippen LogP) is 2.79. The number of anilines is 1. The molecule has 0 saturated heterocycles. The number of nitrogens with one attached hydrogen (secondary N) is 1. The zero-order valence-electron chi connectivity index (χ0n) is 16.9. The van der Waals surface area contributed by atoms with Gasteiger partial charge in [0.25, 0.3) is 11.5 Å². The van der Waals surface area contributed by atoms with Crippen LogP contribution in [-0.4, -0.2) is 27.8 Å². The van der Waals surface area contributed by atoms with Crippen LogP contribution in [-0.2, 0) is 21.4 Å². The molecule has 2 aliphatic carbocycles. The Morgan fingerprint density at radius 2 is 1.93 bits per heavy atom. The first-order valence-corrected chi connectivity index (χ1v) is 10.2. The van der Waals surface area contributed by atoms with Gasteiger partial charge in [0, 0.05) is 13.5 Å². The Morgan fingerprint density at radius 1 is 1.17 bits per heavy atom. The highest BCUT2D eigenvalue weighted by molar-refractivity contribution is 5.93. The van der Waals surface area contributed by atoms with Gasteiger partial charge in [0.1, 0.15) is 5.69 Å². The molecule has 0 unspecified atom stereocenters. The molecule has 7 heteroatoms. The molecule has 0 spiro atoms. The normalized spacial score (nSPS) is 22.6. The number of benzene rings is 1. The van der Waals surface area contributed by atoms with Crippen LogP contribution in [0.1, 0.15) is 37.8 Å². The van der Waals surface area contributed by atoms with Gasteiger partial charge < -0.3 is 10.1 Å². The number of carbonyl (C=O) groups is 2. The van der Waals surface area contributed by atoms with Crippen LogP contribution in [0.5, 0.6) is 0 Å². The number of aromatic nitrogens is 2. The smallest absolute Gasteiger partial charge is 0.306 e. The summed E-state index contributed by atoms with van der Waals surface area (Å²) in [6.07, 6.45) is 5.23. The van der Waals surface area contributed by atoms with Gasteiger partial charge in [-0.3, -0.25) is 19.1 Å². The van der Waals surface area contributed by atoms with Gasteiger partial charge in [0.15, 0.2) is 6.61 Å². The molecule has 2 fully saturated rings. The Hall–Kier alpha value is -2.83. The molecule has 1 aromatic heterocycles. The fraction of sp³-hybridized carbons (Fsp3) is 0.500. The van der Waals surface area contributed by atoms with E-state index in [1.165, 1.54) is 23.9 Å². The Bertz CT molecular complexity index is 976. The molecule has 7 nitrogen and oxygen atoms in total. The highest BCUT2D eigenvalue weighted by atomic mass is 16.5. The van der Waals surface area contributed by atoms with Crippen molar-refractivity contribution in [1.82, 2.24) is 9.36 Å². The van der Waals surface area contributed by atoms with Gasteiger partial charge in [-0.05, 0) is 56.1 Å². The van der Waals surface area contributed by atoms with E-state index in [1.807, 2.05) is 30.3 Å². The van der Waals surface area contributed by atoms with E-state index in [1.54, 1.807) is 18.7 Å². The van der Waals surface area contributed by atoms with Crippen molar-refractivity contribution in [2.75, 3.05) is 11.9 Å². The molecule has 1 N–H and O–H groups in total. The number of para-hydroxylation sites is 1. The van der Waals surface area contributed by atoms with Crippen molar-refractivity contribution >= 4 is 17.6 Å². The summed E-state index contributed by atoms with van der Waals surface area (Å²) in [4.78, 5) is 37.2. The topological polar surface area (TPSA) is 82.3 Å². The van der Waals surface area contributed by atoms with Crippen LogP contribution in [0.15, 0.2) is 35.1 Å². The molecular weight excluding hydrogens is 370 g/mol. The Labute approximate surface area is 169 Å². The molecular formula is C22H27N3O4. The molecule has 1 aromatic carbocycles. The first-order chi connectivity index (χ1) is 13.9. The fourth-order valence-corrected chi connectivity index (χ4v) is 4.93. The number of amides is 1. The molecule has 0 radical (unpaired) electrons. The van der Waals surface area contributed by atoms with E-state index in [0.29, 0.717) is 29.6 Å². The van der Waals surface area contributed by atoms with E-state index in [2.05, 4.69) is 5.32 Å². The van der Waals surface area contributed by atoms with E-state index >= 15 is 0 Å². The number of fused-ring (bicyclic) bond motifs is 2. The molecule has 4 rings (SSSR count). The van der Waals surface area contributed by atoms with Gasteiger partial charge in [-0.1, -0.05) is 24.6 Å². The summed E-state index contributed by atoms with van der Waals surface area (Å²) >= 11 is 0. The van der Waals surface area contributed by atoms with Gasteiger partial charge in [-0.25, -0.2) is 4.68 Å². The molecule has 3 atom stereocenters. The minimum atomic E-state index is -0.502. The van der Waals surface area contributed by atoms with Crippen molar-refractivity contribution < 1.29 is 14.3 Å². The molecule has 2 aromatic rings. The van der Waals surface area contributed by atoms with Crippen LogP contribution in [0.25, 0.3) is 5.69 Å². The number of hydrogen-bond donors (Lipinski definition) is 1. The van der Waals surface area contributed by atoms with Crippen LogP contribution in [0, 0.1) is 24.7 Å². The molecule has 1 heterocycles. The SMILES string of the molecule is Cc1c(NC(=O)COC(=O)C[C@H]2C[C@H]3CC[C@@H]2C3)c(=O)n(-c2ccccc2)n1C. The van der Waals surface area contributed by atoms with E-state index in [0.717, 1.165) is 12.3 Å². The zero-order chi connectivity index (χ0) is 20.5. The van der Waals surface area contributed by atoms with Crippen LogP contribution < -0.4 is 10.9 Å². The number of nitrogens with zero attached hydrogens (tertiary/aromatic N) is 2. The first kappa shape index (κ1) is 19.5. The molecule has 2 saturated carbocycles. The number of carbonyl (C=O) groups excluding carboxylic acids is 2. The molecule has 1 amide bonds. The Kier molecular flexibility index (Phi) is 5.30. The number of ether oxygens (including phenoxy) is 1. The largest absolute Gasteiger partial charge is 0.456 e. The van der Waals surface area contributed by atoms with Gasteiger partial charge in [-0.15, -0.1) is 0 Å². The molecule has 2 aliphatic rings. The summed E-state index contributed by atoms with van der Waals surface area (Å²) in [6.45, 7) is 1.39. The summed E-state index contributed by atoms with van der Waals surface area (Å²) in [5.41, 5.74) is 1.21. The lowest BCUT2D eigenvalue weighted by Crippen LogP contribution is -2.26. The third kappa shape index (κ3) is 3.86. The quantitative estimate of drug-likeness (QED) is 0.760. The highest BCUT2D eigenvalue weighted by Gasteiger charge is 2.40. The second kappa shape index (κ2) is 7.89. The fourth-order valence-electron chi connectivity index (χ4n) is 4.93. The summed E-state index contributed by atoms with van der Waals surface area (Å²) in [6, 6.07) is 9.21. The van der Waals surface area contributed by atoms with Crippen molar-refractivity contribution in [3.8, 4) is 5.69 Å². The van der Waals surface area contributed by atoms with Crippen LogP contribution in [0.4, 0.5) is 5.69 Å². The minimum absolute atomic E-state index is 0.200. The maximum Gasteiger partial charge on any atom is 0.306 e. The average Bonchev–Trinajstić information content (AvgIpc) is 3.38. The third-order valence-electron chi connectivity index (χ3n) is 6.50. The lowest BCUT2D eigenvalue weighted by molar-refractivity contribution is -0.148. The minimum Gasteiger partial charge on any atom is -0.456 e. The summed E-state index contributed by atoms with van der Waals surface area (Å²) in [7, 11) is 1.76. The van der Waals surface area contributed by atoms with Crippen molar-refractivity contribution in [3.05, 3.63) is 46.4 Å². The van der Waals surface area contributed by atoms with Crippen molar-refractivity contribution in [2.45, 2.75) is 39.0 Å². The molecule has 2 bridgehead atoms. The number of hydrogen-bond acceptors (Lipinski definition) is 4. The van der Waals surface area contributed by atoms with Crippen LogP contribution in [0.3, 0.4) is 0 Å². The van der Waals surface area contributed by atoms with Gasteiger partial charge >= 0.3 is 5.97 Å². The van der Waals surface area contributed by atoms with Gasteiger partial charge in [0.05, 0.1) is 11.4 Å². The maximum atomic E-state index is 12.8. The van der Waals surface area contributed by atoms with Crippen LogP contribution in [0.2, 0.25) is 0 Å². The lowest BCUT2D eigenvalue weighted by Gasteiger charge is -2.20. The van der Waals surface area contributed by atoms with E-state index in [-0.39, 0.29) is 23.8 Å². The summed E-state index contributed by atoms with van der Waals surface area (Å²) < 4.78 is 8.36. The molecule has 154 valence electrons. The van der Waals surface area contributed by atoms with Crippen LogP contribution >= 0.6 is 0 Å². The Balaban J connectivity index is 1.36. The Morgan fingerprint density at radius 3 is 2.59 bits per heavy atom. The maximum absolute atomic E-state index is 12.8. The standard InChI is InChI=1S/C22H27N3O4/c1-14-21(22(28)25(24(14)2)18-6-4-3-5-7-18)23-19(26)13-29-20(27)12-17-11-15-8-9-16(17)10-15/h3-7,15-17H,8-13H2,1-2H3,(H,23,26)/t15-,16+,17+/m0/s1. The number of esters is 1. The number of rotatable bonds is 6. The van der Waals surface area contributed by atoms with Gasteiger partial charge in [0.2, 0.25) is 0 Å². The third-order valence-corrected chi connectivity index (χ3v) is 6.50. The highest BCUT2D eigenvalue weighted by Crippen LogP contribution is 2.49. The second-order valence-electron chi connectivity index (χ2n) is 8.28. The summed E-state index contributed by atoms with van der Waals surface area (Å²) in [5, 5.41) is 2.62. The average molecular weight is 397 g/mol. The second-order valence-corrected chi connectivity index (χ2v) is 8.28. The summed E-state index contributed by atoms with van der Waals surface area (Å²) in [5.74, 6) is 0.985. The van der Waals surface area contributed by atoms with Crippen molar-refractivity contribution in [2.24, 2.45) is 24.8 Å². The van der Waals surface area contributed by atoms with E-state index in [4.69, 9.17) is 4.74 Å². The van der Waals surface area contributed by atoms with Crippen molar-refractivity contribution in [3.63, 3.8) is 0 Å². The van der Waals surface area contributed by atoms with E-state index < -0.39 is 5.91 Å². The lowest BCUT2D eigenvalue weighted by atomic mass is 9.86. The van der Waals surface area contributed by atoms with Gasteiger partial charge in [-0.2, -0.15) is 0 Å². The zero-order valence-corrected chi connectivity index (χ0v) is 16.9. The predicted molar refractivity (Wildman–Crippen MR) is 109 cm³/mol. The van der Waals surface area contributed by atoms with Crippen molar-refractivity contribution in [1.29, 1.82) is 0 Å². The first-order valence-electron chi connectivity index (χ1n) is 10.2.